The van der Waals surface area contributed by atoms with E-state index in [1.807, 2.05) is 12.1 Å². The highest BCUT2D eigenvalue weighted by Gasteiger charge is 2.32. The summed E-state index contributed by atoms with van der Waals surface area (Å²) in [5, 5.41) is 10.6. The van der Waals surface area contributed by atoms with Crippen molar-refractivity contribution in [2.45, 2.75) is 38.1 Å². The van der Waals surface area contributed by atoms with Crippen molar-refractivity contribution >= 4 is 11.6 Å². The minimum absolute atomic E-state index is 0.145. The quantitative estimate of drug-likeness (QED) is 0.906. The Hall–Kier alpha value is -0.570. The van der Waals surface area contributed by atoms with Gasteiger partial charge in [0.1, 0.15) is 0 Å². The Balaban J connectivity index is 2.08. The van der Waals surface area contributed by atoms with E-state index in [1.54, 1.807) is 0 Å². The highest BCUT2D eigenvalue weighted by Crippen LogP contribution is 2.25. The molecule has 1 saturated heterocycles. The Morgan fingerprint density at radius 3 is 2.33 bits per heavy atom. The van der Waals surface area contributed by atoms with Gasteiger partial charge in [-0.25, -0.2) is 0 Å². The number of halogens is 1. The first-order chi connectivity index (χ1) is 8.64. The number of aliphatic hydroxyl groups is 1. The Labute approximate surface area is 115 Å². The lowest BCUT2D eigenvalue weighted by Crippen LogP contribution is -2.52. The number of benzene rings is 1. The van der Waals surface area contributed by atoms with Crippen LogP contribution in [0, 0.1) is 0 Å². The van der Waals surface area contributed by atoms with Crippen molar-refractivity contribution in [3.8, 4) is 0 Å². The molecule has 0 radical (unpaired) electrons. The summed E-state index contributed by atoms with van der Waals surface area (Å²) in [5.74, 6) is 0. The van der Waals surface area contributed by atoms with Crippen LogP contribution in [0.5, 0.6) is 0 Å². The molecule has 1 unspecified atom stereocenters. The Kier molecular flexibility index (Phi) is 4.66. The Morgan fingerprint density at radius 2 is 1.78 bits per heavy atom. The van der Waals surface area contributed by atoms with Crippen LogP contribution in [0.25, 0.3) is 0 Å². The van der Waals surface area contributed by atoms with E-state index in [4.69, 9.17) is 11.6 Å². The molecule has 1 fully saturated rings. The van der Waals surface area contributed by atoms with Gasteiger partial charge in [0, 0.05) is 10.6 Å². The van der Waals surface area contributed by atoms with Crippen molar-refractivity contribution in [1.82, 2.24) is 4.90 Å². The number of nitrogens with zero attached hydrogens (tertiary/aromatic N) is 1. The summed E-state index contributed by atoms with van der Waals surface area (Å²) < 4.78 is 0. The van der Waals surface area contributed by atoms with Gasteiger partial charge in [0.05, 0.1) is 6.61 Å². The van der Waals surface area contributed by atoms with Gasteiger partial charge in [0.2, 0.25) is 0 Å². The van der Waals surface area contributed by atoms with Crippen LogP contribution in [-0.2, 0) is 6.42 Å². The molecule has 1 aliphatic heterocycles. The van der Waals surface area contributed by atoms with Crippen LogP contribution in [0.3, 0.4) is 0 Å². The van der Waals surface area contributed by atoms with E-state index in [2.05, 4.69) is 24.0 Å². The first kappa shape index (κ1) is 13.9. The molecular weight excluding hydrogens is 246 g/mol. The van der Waals surface area contributed by atoms with Gasteiger partial charge in [-0.15, -0.1) is 0 Å². The fourth-order valence-electron chi connectivity index (χ4n) is 2.74. The SMILES string of the molecule is CC(CO)(Cc1ccc(Cl)cc1)N1CCCCC1. The second-order valence-corrected chi connectivity index (χ2v) is 5.94. The summed E-state index contributed by atoms with van der Waals surface area (Å²) in [5.41, 5.74) is 1.09. The fraction of sp³-hybridized carbons (Fsp3) is 0.600. The van der Waals surface area contributed by atoms with Crippen LogP contribution >= 0.6 is 11.6 Å². The molecule has 1 aromatic rings. The summed E-state index contributed by atoms with van der Waals surface area (Å²) in [4.78, 5) is 2.44. The first-order valence-corrected chi connectivity index (χ1v) is 7.12. The van der Waals surface area contributed by atoms with E-state index >= 15 is 0 Å². The second-order valence-electron chi connectivity index (χ2n) is 5.51. The largest absolute Gasteiger partial charge is 0.394 e. The van der Waals surface area contributed by atoms with Gasteiger partial charge in [0.15, 0.2) is 0 Å². The minimum Gasteiger partial charge on any atom is -0.394 e. The van der Waals surface area contributed by atoms with Crippen LogP contribution in [-0.4, -0.2) is 35.2 Å². The zero-order chi connectivity index (χ0) is 13.0. The first-order valence-electron chi connectivity index (χ1n) is 6.74. The lowest BCUT2D eigenvalue weighted by atomic mass is 9.90. The Morgan fingerprint density at radius 1 is 1.17 bits per heavy atom. The van der Waals surface area contributed by atoms with Gasteiger partial charge >= 0.3 is 0 Å². The van der Waals surface area contributed by atoms with E-state index in [-0.39, 0.29) is 12.1 Å². The number of likely N-dealkylation sites (tertiary alicyclic amines) is 1. The smallest absolute Gasteiger partial charge is 0.0616 e. The average Bonchev–Trinajstić information content (AvgIpc) is 2.42. The third-order valence-electron chi connectivity index (χ3n) is 3.96. The molecule has 0 spiro atoms. The third kappa shape index (κ3) is 3.25. The average molecular weight is 268 g/mol. The maximum Gasteiger partial charge on any atom is 0.0616 e. The topological polar surface area (TPSA) is 23.5 Å². The molecule has 0 amide bonds. The molecule has 2 rings (SSSR count). The standard InChI is InChI=1S/C15H22ClNO/c1-15(12-18,17-9-3-2-4-10-17)11-13-5-7-14(16)8-6-13/h5-8,18H,2-4,9-12H2,1H3. The predicted molar refractivity (Wildman–Crippen MR) is 76.1 cm³/mol. The van der Waals surface area contributed by atoms with Gasteiger partial charge in [-0.1, -0.05) is 30.2 Å². The molecule has 1 heterocycles. The fourth-order valence-corrected chi connectivity index (χ4v) is 2.87. The molecule has 1 aliphatic rings. The van der Waals surface area contributed by atoms with Crippen LogP contribution < -0.4 is 0 Å². The normalized spacial score (nSPS) is 20.6. The van der Waals surface area contributed by atoms with Gasteiger partial charge in [-0.3, -0.25) is 4.90 Å². The van der Waals surface area contributed by atoms with Crippen molar-refractivity contribution in [2.24, 2.45) is 0 Å². The van der Waals surface area contributed by atoms with E-state index in [0.717, 1.165) is 24.5 Å². The third-order valence-corrected chi connectivity index (χ3v) is 4.21. The van der Waals surface area contributed by atoms with E-state index in [1.165, 1.54) is 24.8 Å². The summed E-state index contributed by atoms with van der Waals surface area (Å²) in [7, 11) is 0. The predicted octanol–water partition coefficient (Wildman–Crippen LogP) is 3.12. The highest BCUT2D eigenvalue weighted by molar-refractivity contribution is 6.30. The van der Waals surface area contributed by atoms with Crippen LogP contribution in [0.1, 0.15) is 31.7 Å². The molecule has 3 heteroatoms. The Bertz CT molecular complexity index is 373. The molecule has 1 aromatic carbocycles. The van der Waals surface area contributed by atoms with Gasteiger partial charge in [-0.2, -0.15) is 0 Å². The lowest BCUT2D eigenvalue weighted by molar-refractivity contribution is 0.0290. The molecule has 1 atom stereocenters. The van der Waals surface area contributed by atoms with Crippen LogP contribution in [0.4, 0.5) is 0 Å². The van der Waals surface area contributed by atoms with Crippen LogP contribution in [0.2, 0.25) is 5.02 Å². The number of hydrogen-bond donors (Lipinski definition) is 1. The second kappa shape index (κ2) is 6.05. The molecule has 0 saturated carbocycles. The molecule has 100 valence electrons. The maximum atomic E-state index is 9.79. The molecule has 0 aliphatic carbocycles. The summed E-state index contributed by atoms with van der Waals surface area (Å²) in [6.45, 7) is 4.57. The molecular formula is C15H22ClNO. The van der Waals surface area contributed by atoms with Crippen molar-refractivity contribution < 1.29 is 5.11 Å². The molecule has 18 heavy (non-hydrogen) atoms. The summed E-state index contributed by atoms with van der Waals surface area (Å²) in [6, 6.07) is 7.95. The number of rotatable bonds is 4. The molecule has 0 bridgehead atoms. The van der Waals surface area contributed by atoms with Crippen molar-refractivity contribution in [3.63, 3.8) is 0 Å². The summed E-state index contributed by atoms with van der Waals surface area (Å²) >= 11 is 5.91. The zero-order valence-electron chi connectivity index (χ0n) is 11.0. The van der Waals surface area contributed by atoms with Crippen molar-refractivity contribution in [3.05, 3.63) is 34.9 Å². The monoisotopic (exact) mass is 267 g/mol. The number of aliphatic hydroxyl groups excluding tert-OH is 1. The van der Waals surface area contributed by atoms with Gasteiger partial charge in [0.25, 0.3) is 0 Å². The van der Waals surface area contributed by atoms with Crippen molar-refractivity contribution in [2.75, 3.05) is 19.7 Å². The van der Waals surface area contributed by atoms with Gasteiger partial charge in [-0.05, 0) is 57.0 Å². The summed E-state index contributed by atoms with van der Waals surface area (Å²) in [6.07, 6.45) is 4.69. The van der Waals surface area contributed by atoms with Gasteiger partial charge < -0.3 is 5.11 Å². The maximum absolute atomic E-state index is 9.79. The zero-order valence-corrected chi connectivity index (χ0v) is 11.8. The minimum atomic E-state index is -0.145. The highest BCUT2D eigenvalue weighted by atomic mass is 35.5. The number of piperidine rings is 1. The van der Waals surface area contributed by atoms with Crippen molar-refractivity contribution in [1.29, 1.82) is 0 Å². The van der Waals surface area contributed by atoms with E-state index in [9.17, 15) is 5.11 Å². The lowest BCUT2D eigenvalue weighted by Gasteiger charge is -2.42. The molecule has 1 N–H and O–H groups in total. The van der Waals surface area contributed by atoms with Crippen LogP contribution in [0.15, 0.2) is 24.3 Å². The molecule has 0 aromatic heterocycles. The van der Waals surface area contributed by atoms with E-state index < -0.39 is 0 Å². The molecule has 2 nitrogen and oxygen atoms in total. The van der Waals surface area contributed by atoms with E-state index in [0.29, 0.717) is 0 Å². The number of hydrogen-bond acceptors (Lipinski definition) is 2.